The van der Waals surface area contributed by atoms with E-state index >= 15 is 0 Å². The van der Waals surface area contributed by atoms with Crippen LogP contribution in [0.15, 0.2) is 40.9 Å². The normalized spacial score (nSPS) is 10.4. The molecule has 0 aliphatic heterocycles. The van der Waals surface area contributed by atoms with Crippen molar-refractivity contribution in [3.8, 4) is 0 Å². The van der Waals surface area contributed by atoms with Crippen molar-refractivity contribution < 1.29 is 13.6 Å². The molecule has 5 heteroatoms. The monoisotopic (exact) mass is 311 g/mol. The highest BCUT2D eigenvalue weighted by Crippen LogP contribution is 2.26. The van der Waals surface area contributed by atoms with Gasteiger partial charge >= 0.3 is 0 Å². The third-order valence-electron chi connectivity index (χ3n) is 2.46. The summed E-state index contributed by atoms with van der Waals surface area (Å²) in [5.41, 5.74) is 6.44. The number of ketones is 1. The smallest absolute Gasteiger partial charge is 0.194 e. The molecule has 0 saturated carbocycles. The molecule has 0 amide bonds. The Hall–Kier alpha value is -1.75. The molecule has 0 spiro atoms. The first-order chi connectivity index (χ1) is 8.50. The Labute approximate surface area is 111 Å². The lowest BCUT2D eigenvalue weighted by Gasteiger charge is -2.06. The van der Waals surface area contributed by atoms with Crippen LogP contribution < -0.4 is 5.73 Å². The van der Waals surface area contributed by atoms with E-state index in [1.165, 1.54) is 6.07 Å². The second-order valence-corrected chi connectivity index (χ2v) is 4.46. The maximum Gasteiger partial charge on any atom is 0.194 e. The zero-order valence-electron chi connectivity index (χ0n) is 9.08. The molecular weight excluding hydrogens is 304 g/mol. The molecule has 0 aliphatic rings. The summed E-state index contributed by atoms with van der Waals surface area (Å²) in [4.78, 5) is 12.1. The van der Waals surface area contributed by atoms with Gasteiger partial charge < -0.3 is 5.73 Å². The molecule has 0 bridgehead atoms. The van der Waals surface area contributed by atoms with Crippen LogP contribution in [0.3, 0.4) is 0 Å². The zero-order chi connectivity index (χ0) is 13.3. The van der Waals surface area contributed by atoms with E-state index in [0.717, 1.165) is 12.1 Å². The molecule has 0 unspecified atom stereocenters. The summed E-state index contributed by atoms with van der Waals surface area (Å²) in [5.74, 6) is -2.47. The van der Waals surface area contributed by atoms with Crippen molar-refractivity contribution in [3.63, 3.8) is 0 Å². The number of anilines is 1. The zero-order valence-corrected chi connectivity index (χ0v) is 10.7. The van der Waals surface area contributed by atoms with E-state index in [1.54, 1.807) is 18.2 Å². The van der Waals surface area contributed by atoms with Gasteiger partial charge in [-0.15, -0.1) is 0 Å². The number of hydrogen-bond acceptors (Lipinski definition) is 2. The van der Waals surface area contributed by atoms with Gasteiger partial charge in [0, 0.05) is 16.8 Å². The van der Waals surface area contributed by atoms with Gasteiger partial charge in [0.25, 0.3) is 0 Å². The number of rotatable bonds is 2. The molecule has 0 fully saturated rings. The molecular formula is C13H8BrF2NO. The number of benzene rings is 2. The highest BCUT2D eigenvalue weighted by atomic mass is 79.9. The van der Waals surface area contributed by atoms with Crippen molar-refractivity contribution in [1.29, 1.82) is 0 Å². The second-order valence-electron chi connectivity index (χ2n) is 3.67. The molecule has 18 heavy (non-hydrogen) atoms. The molecule has 2 nitrogen and oxygen atoms in total. The van der Waals surface area contributed by atoms with Gasteiger partial charge in [-0.3, -0.25) is 4.79 Å². The van der Waals surface area contributed by atoms with Crippen LogP contribution in [-0.2, 0) is 0 Å². The van der Waals surface area contributed by atoms with Crippen LogP contribution in [0, 0.1) is 11.6 Å². The Kier molecular flexibility index (Phi) is 3.43. The third kappa shape index (κ3) is 2.26. The van der Waals surface area contributed by atoms with Crippen LogP contribution in [0.4, 0.5) is 14.5 Å². The Morgan fingerprint density at radius 3 is 2.50 bits per heavy atom. The Balaban J connectivity index is 2.48. The molecule has 0 heterocycles. The van der Waals surface area contributed by atoms with E-state index in [1.807, 2.05) is 0 Å². The van der Waals surface area contributed by atoms with Crippen LogP contribution in [0.25, 0.3) is 0 Å². The fourth-order valence-electron chi connectivity index (χ4n) is 1.52. The largest absolute Gasteiger partial charge is 0.398 e. The summed E-state index contributed by atoms with van der Waals surface area (Å²) >= 11 is 3.20. The molecule has 92 valence electrons. The van der Waals surface area contributed by atoms with Gasteiger partial charge in [0.05, 0.1) is 4.47 Å². The summed E-state index contributed by atoms with van der Waals surface area (Å²) in [5, 5.41) is 0. The minimum absolute atomic E-state index is 0.0696. The number of hydrogen-bond donors (Lipinski definition) is 1. The van der Waals surface area contributed by atoms with Gasteiger partial charge in [-0.2, -0.15) is 0 Å². The lowest BCUT2D eigenvalue weighted by molar-refractivity contribution is 0.103. The average Bonchev–Trinajstić information content (AvgIpc) is 2.35. The van der Waals surface area contributed by atoms with Gasteiger partial charge in [-0.1, -0.05) is 6.07 Å². The van der Waals surface area contributed by atoms with E-state index in [4.69, 9.17) is 5.73 Å². The molecule has 0 aromatic heterocycles. The minimum atomic E-state index is -1.05. The predicted octanol–water partition coefficient (Wildman–Crippen LogP) is 3.54. The van der Waals surface area contributed by atoms with Crippen molar-refractivity contribution >= 4 is 27.4 Å². The first kappa shape index (κ1) is 12.7. The van der Waals surface area contributed by atoms with E-state index in [2.05, 4.69) is 15.9 Å². The third-order valence-corrected chi connectivity index (χ3v) is 3.34. The number of nitrogen functional groups attached to an aromatic ring is 1. The molecule has 2 aromatic carbocycles. The van der Waals surface area contributed by atoms with Crippen LogP contribution >= 0.6 is 15.9 Å². The van der Waals surface area contributed by atoms with E-state index < -0.39 is 17.4 Å². The van der Waals surface area contributed by atoms with Crippen LogP contribution in [0.1, 0.15) is 15.9 Å². The Bertz CT molecular complexity index is 628. The summed E-state index contributed by atoms with van der Waals surface area (Å²) < 4.78 is 26.3. The fourth-order valence-corrected chi connectivity index (χ4v) is 1.96. The van der Waals surface area contributed by atoms with Crippen LogP contribution in [0.2, 0.25) is 0 Å². The standard InChI is InChI=1S/C13H8BrF2NO/c14-12-8(2-1-3-11(12)17)13(18)7-4-5-9(15)10(16)6-7/h1-6H,17H2. The SMILES string of the molecule is Nc1cccc(C(=O)c2ccc(F)c(F)c2)c1Br. The van der Waals surface area contributed by atoms with Crippen molar-refractivity contribution in [2.75, 3.05) is 5.73 Å². The summed E-state index contributed by atoms with van der Waals surface area (Å²) in [6, 6.07) is 7.83. The van der Waals surface area contributed by atoms with Gasteiger partial charge in [0.2, 0.25) is 0 Å². The molecule has 0 atom stereocenters. The van der Waals surface area contributed by atoms with Gasteiger partial charge in [-0.25, -0.2) is 8.78 Å². The maximum atomic E-state index is 13.1. The molecule has 2 rings (SSSR count). The number of carbonyl (C=O) groups is 1. The van der Waals surface area contributed by atoms with Crippen molar-refractivity contribution in [2.45, 2.75) is 0 Å². The van der Waals surface area contributed by atoms with E-state index in [9.17, 15) is 13.6 Å². The molecule has 2 aromatic rings. The fraction of sp³-hybridized carbons (Fsp3) is 0. The topological polar surface area (TPSA) is 43.1 Å². The van der Waals surface area contributed by atoms with Crippen molar-refractivity contribution in [2.24, 2.45) is 0 Å². The molecule has 0 aliphatic carbocycles. The average molecular weight is 312 g/mol. The van der Waals surface area contributed by atoms with Crippen LogP contribution in [0.5, 0.6) is 0 Å². The lowest BCUT2D eigenvalue weighted by Crippen LogP contribution is -2.05. The highest BCUT2D eigenvalue weighted by Gasteiger charge is 2.15. The first-order valence-electron chi connectivity index (χ1n) is 5.04. The molecule has 2 N–H and O–H groups in total. The Morgan fingerprint density at radius 1 is 1.11 bits per heavy atom. The van der Waals surface area contributed by atoms with E-state index in [0.29, 0.717) is 15.7 Å². The number of carbonyl (C=O) groups excluding carboxylic acids is 1. The molecule has 0 saturated heterocycles. The Morgan fingerprint density at radius 2 is 1.83 bits per heavy atom. The van der Waals surface area contributed by atoms with Gasteiger partial charge in [-0.05, 0) is 46.3 Å². The lowest BCUT2D eigenvalue weighted by atomic mass is 10.0. The summed E-state index contributed by atoms with van der Waals surface area (Å²) in [6.07, 6.45) is 0. The second kappa shape index (κ2) is 4.86. The minimum Gasteiger partial charge on any atom is -0.398 e. The van der Waals surface area contributed by atoms with E-state index in [-0.39, 0.29) is 5.56 Å². The van der Waals surface area contributed by atoms with Crippen LogP contribution in [-0.4, -0.2) is 5.78 Å². The highest BCUT2D eigenvalue weighted by molar-refractivity contribution is 9.10. The van der Waals surface area contributed by atoms with Gasteiger partial charge in [0.15, 0.2) is 17.4 Å². The number of nitrogens with two attached hydrogens (primary N) is 1. The summed E-state index contributed by atoms with van der Waals surface area (Å²) in [7, 11) is 0. The summed E-state index contributed by atoms with van der Waals surface area (Å²) in [6.45, 7) is 0. The predicted molar refractivity (Wildman–Crippen MR) is 68.3 cm³/mol. The van der Waals surface area contributed by atoms with Gasteiger partial charge in [0.1, 0.15) is 0 Å². The number of halogens is 3. The van der Waals surface area contributed by atoms with Crippen molar-refractivity contribution in [3.05, 3.63) is 63.6 Å². The van der Waals surface area contributed by atoms with Crippen molar-refractivity contribution in [1.82, 2.24) is 0 Å². The quantitative estimate of drug-likeness (QED) is 0.681. The maximum absolute atomic E-state index is 13.1. The molecule has 0 radical (unpaired) electrons. The first-order valence-corrected chi connectivity index (χ1v) is 5.83.